The number of pyridine rings is 1. The summed E-state index contributed by atoms with van der Waals surface area (Å²) in [5.74, 6) is 9.87. The number of hydrogen-bond donors (Lipinski definition) is 0. The Morgan fingerprint density at radius 3 is 1.61 bits per heavy atom. The molecule has 0 fully saturated rings. The molecule has 3 heterocycles. The lowest BCUT2D eigenvalue weighted by Gasteiger charge is -2.16. The average Bonchev–Trinajstić information content (AvgIpc) is 3.65. The van der Waals surface area contributed by atoms with Crippen molar-refractivity contribution in [3.8, 4) is 35.0 Å². The van der Waals surface area contributed by atoms with Crippen LogP contribution in [0.15, 0.2) is 24.3 Å². The Bertz CT molecular complexity index is 1810. The largest absolute Gasteiger partial charge is 0.491 e. The molecule has 56 heavy (non-hydrogen) atoms. The van der Waals surface area contributed by atoms with Gasteiger partial charge < -0.3 is 18.9 Å². The van der Waals surface area contributed by atoms with Gasteiger partial charge in [0, 0.05) is 44.3 Å². The van der Waals surface area contributed by atoms with E-state index in [2.05, 4.69) is 90.0 Å². The lowest BCUT2D eigenvalue weighted by atomic mass is 10.0. The molecule has 0 N–H and O–H groups in total. The minimum atomic E-state index is 0.412. The lowest BCUT2D eigenvalue weighted by molar-refractivity contribution is 0.143. The van der Waals surface area contributed by atoms with Gasteiger partial charge in [0.05, 0.1) is 30.2 Å². The predicted molar refractivity (Wildman–Crippen MR) is 226 cm³/mol. The molecule has 0 aliphatic heterocycles. The van der Waals surface area contributed by atoms with Gasteiger partial charge in [-0.1, -0.05) is 65.7 Å². The highest BCUT2D eigenvalue weighted by molar-refractivity contribution is 5.57. The molecule has 0 saturated heterocycles. The maximum Gasteiger partial charge on any atom is 0.157 e. The number of aromatic nitrogens is 5. The van der Waals surface area contributed by atoms with Crippen molar-refractivity contribution in [2.75, 3.05) is 66.8 Å². The molecule has 0 atom stereocenters. The molecule has 0 spiro atoms. The summed E-state index contributed by atoms with van der Waals surface area (Å²) in [6.07, 6.45) is 5.53. The summed E-state index contributed by atoms with van der Waals surface area (Å²) in [7, 11) is 3.37. The van der Waals surface area contributed by atoms with Crippen LogP contribution >= 0.6 is 0 Å². The Hall–Kier alpha value is -4.21. The Morgan fingerprint density at radius 2 is 1.12 bits per heavy atom. The molecule has 0 amide bonds. The standard InChI is InChI=1S/C45H67N7O4/c1-12-17-18-19-20-38-29-43(56-26-24-54-11)39(30-42(38)55-25-23-53-10)22-21-37-27-44(51-35(8)33(6)40(47-51)31-49(13-2)14-3)46-45(28-37)52-36(9)34(7)41(48-52)32-50(15-4)16-5/h27-30H,12-20,23-26,31-32H2,1-11H3. The maximum absolute atomic E-state index is 6.31. The van der Waals surface area contributed by atoms with E-state index in [4.69, 9.17) is 34.1 Å². The predicted octanol–water partition coefficient (Wildman–Crippen LogP) is 7.94. The van der Waals surface area contributed by atoms with Crippen LogP contribution in [0.1, 0.15) is 111 Å². The van der Waals surface area contributed by atoms with Crippen LogP contribution in [0.2, 0.25) is 0 Å². The number of aryl methyl sites for hydroxylation is 1. The normalized spacial score (nSPS) is 11.4. The van der Waals surface area contributed by atoms with E-state index in [1.54, 1.807) is 14.2 Å². The molecule has 3 aromatic heterocycles. The summed E-state index contributed by atoms with van der Waals surface area (Å²) in [5, 5.41) is 10.3. The first-order valence-electron chi connectivity index (χ1n) is 20.6. The van der Waals surface area contributed by atoms with Gasteiger partial charge in [0.25, 0.3) is 0 Å². The summed E-state index contributed by atoms with van der Waals surface area (Å²) < 4.78 is 27.2. The third kappa shape index (κ3) is 11.7. The van der Waals surface area contributed by atoms with E-state index in [-0.39, 0.29) is 0 Å². The van der Waals surface area contributed by atoms with Gasteiger partial charge in [-0.05, 0) is 108 Å². The number of nitrogens with zero attached hydrogens (tertiary/aromatic N) is 7. The second-order valence-corrected chi connectivity index (χ2v) is 14.3. The van der Waals surface area contributed by atoms with Crippen LogP contribution in [0.25, 0.3) is 11.6 Å². The van der Waals surface area contributed by atoms with E-state index >= 15 is 0 Å². The molecular formula is C45H67N7O4. The highest BCUT2D eigenvalue weighted by Crippen LogP contribution is 2.31. The van der Waals surface area contributed by atoms with Crippen molar-refractivity contribution in [2.45, 2.75) is 108 Å². The van der Waals surface area contributed by atoms with Crippen molar-refractivity contribution in [3.63, 3.8) is 0 Å². The van der Waals surface area contributed by atoms with Gasteiger partial charge >= 0.3 is 0 Å². The molecule has 0 unspecified atom stereocenters. The molecule has 0 bridgehead atoms. The summed E-state index contributed by atoms with van der Waals surface area (Å²) in [4.78, 5) is 9.97. The smallest absolute Gasteiger partial charge is 0.157 e. The maximum atomic E-state index is 6.31. The molecule has 0 radical (unpaired) electrons. The van der Waals surface area contributed by atoms with Gasteiger partial charge in [-0.3, -0.25) is 9.80 Å². The summed E-state index contributed by atoms with van der Waals surface area (Å²) >= 11 is 0. The van der Waals surface area contributed by atoms with Crippen molar-refractivity contribution >= 4 is 0 Å². The van der Waals surface area contributed by atoms with Crippen molar-refractivity contribution < 1.29 is 18.9 Å². The van der Waals surface area contributed by atoms with Crippen LogP contribution in [-0.2, 0) is 29.0 Å². The highest BCUT2D eigenvalue weighted by Gasteiger charge is 2.20. The molecular weight excluding hydrogens is 703 g/mol. The van der Waals surface area contributed by atoms with Crippen molar-refractivity contribution in [1.29, 1.82) is 0 Å². The average molecular weight is 770 g/mol. The second-order valence-electron chi connectivity index (χ2n) is 14.3. The van der Waals surface area contributed by atoms with Crippen LogP contribution in [0, 0.1) is 39.5 Å². The van der Waals surface area contributed by atoms with Crippen LogP contribution in [0.3, 0.4) is 0 Å². The first-order chi connectivity index (χ1) is 27.1. The number of methoxy groups -OCH3 is 2. The zero-order valence-corrected chi connectivity index (χ0v) is 36.2. The van der Waals surface area contributed by atoms with Gasteiger partial charge in [-0.2, -0.15) is 10.2 Å². The van der Waals surface area contributed by atoms with Crippen molar-refractivity contribution in [3.05, 3.63) is 74.9 Å². The monoisotopic (exact) mass is 770 g/mol. The van der Waals surface area contributed by atoms with Crippen LogP contribution < -0.4 is 9.47 Å². The Morgan fingerprint density at radius 1 is 0.607 bits per heavy atom. The van der Waals surface area contributed by atoms with E-state index in [9.17, 15) is 0 Å². The molecule has 0 aliphatic rings. The van der Waals surface area contributed by atoms with Crippen LogP contribution in [-0.4, -0.2) is 101 Å². The van der Waals surface area contributed by atoms with Gasteiger partial charge in [-0.25, -0.2) is 14.3 Å². The van der Waals surface area contributed by atoms with Gasteiger partial charge in [0.2, 0.25) is 0 Å². The van der Waals surface area contributed by atoms with Crippen molar-refractivity contribution in [2.24, 2.45) is 0 Å². The SMILES string of the molecule is CCCCCCc1cc(OCCOC)c(C#Cc2cc(-n3nc(CN(CC)CC)c(C)c3C)nc(-n3nc(CN(CC)CC)c(C)c3C)c2)cc1OCCOC. The number of hydrogen-bond acceptors (Lipinski definition) is 9. The van der Waals surface area contributed by atoms with Crippen LogP contribution in [0.4, 0.5) is 0 Å². The van der Waals surface area contributed by atoms with E-state index < -0.39 is 0 Å². The quantitative estimate of drug-likeness (QED) is 0.0551. The minimum absolute atomic E-state index is 0.412. The Balaban J connectivity index is 1.89. The zero-order valence-electron chi connectivity index (χ0n) is 36.2. The lowest BCUT2D eigenvalue weighted by Crippen LogP contribution is -2.23. The van der Waals surface area contributed by atoms with Crippen LogP contribution in [0.5, 0.6) is 11.5 Å². The third-order valence-electron chi connectivity index (χ3n) is 10.7. The summed E-state index contributed by atoms with van der Waals surface area (Å²) in [6, 6.07) is 8.15. The van der Waals surface area contributed by atoms with E-state index in [0.29, 0.717) is 43.8 Å². The third-order valence-corrected chi connectivity index (χ3v) is 10.7. The minimum Gasteiger partial charge on any atom is -0.491 e. The molecule has 0 aliphatic carbocycles. The molecule has 11 nitrogen and oxygen atoms in total. The first kappa shape index (κ1) is 44.5. The molecule has 4 aromatic rings. The van der Waals surface area contributed by atoms with E-state index in [1.165, 1.54) is 19.3 Å². The fourth-order valence-electron chi connectivity index (χ4n) is 6.63. The number of ether oxygens (including phenoxy) is 4. The Labute approximate surface area is 336 Å². The molecule has 1 aromatic carbocycles. The zero-order chi connectivity index (χ0) is 40.6. The molecule has 0 saturated carbocycles. The number of unbranched alkanes of at least 4 members (excludes halogenated alkanes) is 3. The summed E-state index contributed by atoms with van der Waals surface area (Å²) in [5.41, 5.74) is 9.16. The van der Waals surface area contributed by atoms with Gasteiger partial charge in [-0.15, -0.1) is 0 Å². The van der Waals surface area contributed by atoms with E-state index in [0.717, 1.165) is 108 Å². The van der Waals surface area contributed by atoms with E-state index in [1.807, 2.05) is 27.6 Å². The van der Waals surface area contributed by atoms with Gasteiger partial charge in [0.1, 0.15) is 24.7 Å². The molecule has 306 valence electrons. The number of benzene rings is 1. The fourth-order valence-corrected chi connectivity index (χ4v) is 6.63. The van der Waals surface area contributed by atoms with Gasteiger partial charge in [0.15, 0.2) is 11.6 Å². The Kier molecular flexibility index (Phi) is 17.9. The highest BCUT2D eigenvalue weighted by atomic mass is 16.5. The summed E-state index contributed by atoms with van der Waals surface area (Å²) in [6.45, 7) is 26.7. The number of rotatable bonds is 23. The first-order valence-corrected chi connectivity index (χ1v) is 20.6. The fraction of sp³-hybridized carbons (Fsp3) is 0.578. The second kappa shape index (κ2) is 22.5. The molecule has 4 rings (SSSR count). The molecule has 11 heteroatoms. The van der Waals surface area contributed by atoms with Crippen molar-refractivity contribution in [1.82, 2.24) is 34.3 Å². The topological polar surface area (TPSA) is 91.9 Å².